The van der Waals surface area contributed by atoms with Crippen molar-refractivity contribution in [2.24, 2.45) is 0 Å². The SMILES string of the molecule is OC(c1ccoc1)c1ccc(Br)c2cccnc12. The van der Waals surface area contributed by atoms with Crippen LogP contribution in [0.15, 0.2) is 57.9 Å². The third kappa shape index (κ3) is 1.83. The maximum absolute atomic E-state index is 10.4. The number of aliphatic hydroxyl groups excluding tert-OH is 1. The van der Waals surface area contributed by atoms with Gasteiger partial charge in [0.1, 0.15) is 6.10 Å². The molecule has 0 amide bonds. The van der Waals surface area contributed by atoms with E-state index in [1.165, 1.54) is 0 Å². The van der Waals surface area contributed by atoms with E-state index in [9.17, 15) is 5.11 Å². The molecule has 0 aliphatic heterocycles. The Morgan fingerprint density at radius 3 is 2.89 bits per heavy atom. The van der Waals surface area contributed by atoms with Crippen molar-refractivity contribution in [1.29, 1.82) is 0 Å². The zero-order valence-corrected chi connectivity index (χ0v) is 11.0. The highest BCUT2D eigenvalue weighted by Crippen LogP contribution is 2.31. The molecule has 0 aliphatic carbocycles. The summed E-state index contributed by atoms with van der Waals surface area (Å²) < 4.78 is 5.97. The average Bonchev–Trinajstić information content (AvgIpc) is 2.93. The number of pyridine rings is 1. The number of fused-ring (bicyclic) bond motifs is 1. The van der Waals surface area contributed by atoms with Crippen molar-refractivity contribution in [2.75, 3.05) is 0 Å². The van der Waals surface area contributed by atoms with E-state index >= 15 is 0 Å². The third-order valence-corrected chi connectivity index (χ3v) is 3.59. The smallest absolute Gasteiger partial charge is 0.109 e. The van der Waals surface area contributed by atoms with Crippen LogP contribution < -0.4 is 0 Å². The Balaban J connectivity index is 2.21. The normalized spacial score (nSPS) is 12.8. The Kier molecular flexibility index (Phi) is 2.89. The molecular weight excluding hydrogens is 294 g/mol. The maximum atomic E-state index is 10.4. The zero-order chi connectivity index (χ0) is 12.5. The lowest BCUT2D eigenvalue weighted by atomic mass is 10.0. The summed E-state index contributed by atoms with van der Waals surface area (Å²) in [7, 11) is 0. The van der Waals surface area contributed by atoms with E-state index in [0.29, 0.717) is 0 Å². The Labute approximate surface area is 112 Å². The topological polar surface area (TPSA) is 46.3 Å². The molecule has 1 unspecified atom stereocenters. The number of aromatic nitrogens is 1. The number of nitrogens with zero attached hydrogens (tertiary/aromatic N) is 1. The van der Waals surface area contributed by atoms with Gasteiger partial charge in [0, 0.05) is 27.2 Å². The first-order valence-corrected chi connectivity index (χ1v) is 6.30. The number of hydrogen-bond donors (Lipinski definition) is 1. The van der Waals surface area contributed by atoms with Crippen LogP contribution in [0.25, 0.3) is 10.9 Å². The van der Waals surface area contributed by atoms with Gasteiger partial charge in [-0.2, -0.15) is 0 Å². The van der Waals surface area contributed by atoms with Gasteiger partial charge in [-0.15, -0.1) is 0 Å². The molecule has 0 fully saturated rings. The van der Waals surface area contributed by atoms with Gasteiger partial charge in [0.15, 0.2) is 0 Å². The summed E-state index contributed by atoms with van der Waals surface area (Å²) in [6.45, 7) is 0. The quantitative estimate of drug-likeness (QED) is 0.785. The molecule has 0 spiro atoms. The lowest BCUT2D eigenvalue weighted by molar-refractivity contribution is 0.220. The van der Waals surface area contributed by atoms with E-state index in [1.54, 1.807) is 24.8 Å². The lowest BCUT2D eigenvalue weighted by Gasteiger charge is -2.12. The summed E-state index contributed by atoms with van der Waals surface area (Å²) in [5.41, 5.74) is 2.29. The number of furan rings is 1. The van der Waals surface area contributed by atoms with E-state index in [1.807, 2.05) is 24.3 Å². The fourth-order valence-electron chi connectivity index (χ4n) is 1.99. The standard InChI is InChI=1S/C14H10BrNO2/c15-12-4-3-11(13-10(12)2-1-6-16-13)14(17)9-5-7-18-8-9/h1-8,14,17H. The molecule has 4 heteroatoms. The second kappa shape index (κ2) is 4.55. The van der Waals surface area contributed by atoms with Crippen LogP contribution in [-0.4, -0.2) is 10.1 Å². The first-order valence-electron chi connectivity index (χ1n) is 5.50. The Morgan fingerprint density at radius 1 is 1.22 bits per heavy atom. The van der Waals surface area contributed by atoms with Gasteiger partial charge in [0.2, 0.25) is 0 Å². The van der Waals surface area contributed by atoms with Gasteiger partial charge in [0.05, 0.1) is 18.0 Å². The number of benzene rings is 1. The number of rotatable bonds is 2. The molecule has 0 radical (unpaired) electrons. The number of halogens is 1. The maximum Gasteiger partial charge on any atom is 0.109 e. The Morgan fingerprint density at radius 2 is 2.11 bits per heavy atom. The minimum absolute atomic E-state index is 0.726. The lowest BCUT2D eigenvalue weighted by Crippen LogP contribution is -2.00. The molecule has 1 aromatic carbocycles. The molecule has 90 valence electrons. The Hall–Kier alpha value is -1.65. The van der Waals surface area contributed by atoms with Crippen LogP contribution >= 0.6 is 15.9 Å². The molecule has 2 heterocycles. The summed E-state index contributed by atoms with van der Waals surface area (Å²) in [6.07, 6.45) is 4.09. The second-order valence-electron chi connectivity index (χ2n) is 4.00. The van der Waals surface area contributed by atoms with Crippen molar-refractivity contribution in [2.45, 2.75) is 6.10 Å². The van der Waals surface area contributed by atoms with E-state index in [-0.39, 0.29) is 0 Å². The molecule has 3 nitrogen and oxygen atoms in total. The van der Waals surface area contributed by atoms with Crippen molar-refractivity contribution >= 4 is 26.8 Å². The van der Waals surface area contributed by atoms with Crippen molar-refractivity contribution in [1.82, 2.24) is 4.98 Å². The van der Waals surface area contributed by atoms with Crippen LogP contribution in [0.1, 0.15) is 17.2 Å². The van der Waals surface area contributed by atoms with E-state index in [2.05, 4.69) is 20.9 Å². The highest BCUT2D eigenvalue weighted by atomic mass is 79.9. The molecule has 2 aromatic heterocycles. The summed E-state index contributed by atoms with van der Waals surface area (Å²) in [5.74, 6) is 0. The molecule has 0 aliphatic rings. The minimum Gasteiger partial charge on any atom is -0.472 e. The van der Waals surface area contributed by atoms with Gasteiger partial charge in [-0.05, 0) is 18.2 Å². The molecular formula is C14H10BrNO2. The van der Waals surface area contributed by atoms with Gasteiger partial charge in [-0.25, -0.2) is 0 Å². The van der Waals surface area contributed by atoms with Crippen LogP contribution in [0.3, 0.4) is 0 Å². The Bertz CT molecular complexity index is 679. The number of hydrogen-bond acceptors (Lipinski definition) is 3. The monoisotopic (exact) mass is 303 g/mol. The summed E-state index contributed by atoms with van der Waals surface area (Å²) in [6, 6.07) is 9.39. The van der Waals surface area contributed by atoms with Gasteiger partial charge < -0.3 is 9.52 Å². The van der Waals surface area contributed by atoms with Crippen molar-refractivity contribution in [3.63, 3.8) is 0 Å². The molecule has 0 saturated heterocycles. The summed E-state index contributed by atoms with van der Waals surface area (Å²) in [5, 5.41) is 11.3. The molecule has 1 atom stereocenters. The van der Waals surface area contributed by atoms with Gasteiger partial charge >= 0.3 is 0 Å². The fourth-order valence-corrected chi connectivity index (χ4v) is 2.44. The molecule has 3 aromatic rings. The van der Waals surface area contributed by atoms with Crippen LogP contribution in [0.2, 0.25) is 0 Å². The zero-order valence-electron chi connectivity index (χ0n) is 9.38. The van der Waals surface area contributed by atoms with Crippen LogP contribution in [0, 0.1) is 0 Å². The summed E-state index contributed by atoms with van der Waals surface area (Å²) in [4.78, 5) is 4.35. The molecule has 3 rings (SSSR count). The van der Waals surface area contributed by atoms with Crippen LogP contribution in [-0.2, 0) is 0 Å². The summed E-state index contributed by atoms with van der Waals surface area (Å²) >= 11 is 3.49. The predicted molar refractivity (Wildman–Crippen MR) is 72.2 cm³/mol. The molecule has 0 saturated carbocycles. The van der Waals surface area contributed by atoms with Gasteiger partial charge in [-0.1, -0.05) is 28.1 Å². The van der Waals surface area contributed by atoms with Crippen molar-refractivity contribution in [3.8, 4) is 0 Å². The van der Waals surface area contributed by atoms with E-state index in [4.69, 9.17) is 4.42 Å². The van der Waals surface area contributed by atoms with Crippen molar-refractivity contribution < 1.29 is 9.52 Å². The largest absolute Gasteiger partial charge is 0.472 e. The second-order valence-corrected chi connectivity index (χ2v) is 4.85. The molecule has 18 heavy (non-hydrogen) atoms. The van der Waals surface area contributed by atoms with E-state index in [0.717, 1.165) is 26.5 Å². The van der Waals surface area contributed by atoms with Crippen LogP contribution in [0.5, 0.6) is 0 Å². The molecule has 0 bridgehead atoms. The van der Waals surface area contributed by atoms with E-state index < -0.39 is 6.10 Å². The van der Waals surface area contributed by atoms with Gasteiger partial charge in [-0.3, -0.25) is 4.98 Å². The molecule has 1 N–H and O–H groups in total. The first-order chi connectivity index (χ1) is 8.77. The highest BCUT2D eigenvalue weighted by Gasteiger charge is 2.16. The predicted octanol–water partition coefficient (Wildman–Crippen LogP) is 3.67. The van der Waals surface area contributed by atoms with Crippen molar-refractivity contribution in [3.05, 3.63) is 64.7 Å². The minimum atomic E-state index is -0.728. The first kappa shape index (κ1) is 11.4. The van der Waals surface area contributed by atoms with Gasteiger partial charge in [0.25, 0.3) is 0 Å². The third-order valence-electron chi connectivity index (χ3n) is 2.90. The average molecular weight is 304 g/mol. The fraction of sp³-hybridized carbons (Fsp3) is 0.0714. The van der Waals surface area contributed by atoms with Crippen LogP contribution in [0.4, 0.5) is 0 Å². The number of aliphatic hydroxyl groups is 1. The highest BCUT2D eigenvalue weighted by molar-refractivity contribution is 9.10.